The number of fused-ring (bicyclic) bond motifs is 1. The van der Waals surface area contributed by atoms with Gasteiger partial charge in [0.2, 0.25) is 11.2 Å². The number of carbonyl (C=O) groups excluding carboxylic acids is 1. The quantitative estimate of drug-likeness (QED) is 0.263. The van der Waals surface area contributed by atoms with Crippen LogP contribution in [0.4, 0.5) is 0 Å². The lowest BCUT2D eigenvalue weighted by Gasteiger charge is -2.12. The molecule has 0 fully saturated rings. The molecule has 0 N–H and O–H groups in total. The van der Waals surface area contributed by atoms with E-state index in [2.05, 4.69) is 0 Å². The first kappa shape index (κ1) is 22.9. The van der Waals surface area contributed by atoms with Crippen molar-refractivity contribution in [2.75, 3.05) is 26.9 Å². The van der Waals surface area contributed by atoms with E-state index >= 15 is 0 Å². The van der Waals surface area contributed by atoms with Crippen molar-refractivity contribution in [1.29, 1.82) is 0 Å². The first-order valence-corrected chi connectivity index (χ1v) is 10.7. The Morgan fingerprint density at radius 1 is 0.882 bits per heavy atom. The summed E-state index contributed by atoms with van der Waals surface area (Å²) in [6.07, 6.45) is 0. The zero-order valence-corrected chi connectivity index (χ0v) is 18.9. The van der Waals surface area contributed by atoms with Gasteiger partial charge < -0.3 is 23.4 Å². The first-order valence-electron chi connectivity index (χ1n) is 10.7. The molecule has 4 rings (SSSR count). The molecule has 7 nitrogen and oxygen atoms in total. The van der Waals surface area contributed by atoms with Gasteiger partial charge in [0.05, 0.1) is 12.5 Å². The fourth-order valence-corrected chi connectivity index (χ4v) is 3.35. The Labute approximate surface area is 196 Å². The number of carbonyl (C=O) groups is 1. The van der Waals surface area contributed by atoms with Crippen LogP contribution in [0.5, 0.6) is 17.2 Å². The molecule has 0 aliphatic rings. The molecule has 174 valence electrons. The van der Waals surface area contributed by atoms with Gasteiger partial charge >= 0.3 is 5.97 Å². The van der Waals surface area contributed by atoms with Gasteiger partial charge in [0.25, 0.3) is 0 Å². The van der Waals surface area contributed by atoms with Crippen molar-refractivity contribution in [2.24, 2.45) is 0 Å². The summed E-state index contributed by atoms with van der Waals surface area (Å²) in [5.74, 6) is 0.889. The maximum absolute atomic E-state index is 13.2. The van der Waals surface area contributed by atoms with Crippen LogP contribution in [0.25, 0.3) is 22.3 Å². The molecule has 7 heteroatoms. The van der Waals surface area contributed by atoms with E-state index in [0.29, 0.717) is 28.0 Å². The Morgan fingerprint density at radius 2 is 1.65 bits per heavy atom. The molecular weight excluding hydrogens is 436 g/mol. The Morgan fingerprint density at radius 3 is 2.38 bits per heavy atom. The van der Waals surface area contributed by atoms with E-state index in [-0.39, 0.29) is 30.2 Å². The van der Waals surface area contributed by atoms with E-state index in [1.165, 1.54) is 0 Å². The van der Waals surface area contributed by atoms with Crippen LogP contribution in [-0.2, 0) is 9.53 Å². The molecule has 0 bridgehead atoms. The molecule has 0 spiro atoms. The monoisotopic (exact) mass is 460 g/mol. The van der Waals surface area contributed by atoms with E-state index in [4.69, 9.17) is 23.4 Å². The summed E-state index contributed by atoms with van der Waals surface area (Å²) >= 11 is 0. The largest absolute Gasteiger partial charge is 0.497 e. The number of ether oxygens (including phenoxy) is 4. The van der Waals surface area contributed by atoms with Crippen LogP contribution in [0.1, 0.15) is 5.56 Å². The highest BCUT2D eigenvalue weighted by molar-refractivity contribution is 5.83. The fraction of sp³-hybridized carbons (Fsp3) is 0.185. The van der Waals surface area contributed by atoms with Gasteiger partial charge in [0, 0.05) is 5.56 Å². The molecular formula is C27H24O7. The minimum absolute atomic E-state index is 0.0496. The summed E-state index contributed by atoms with van der Waals surface area (Å²) < 4.78 is 27.6. The van der Waals surface area contributed by atoms with E-state index in [1.54, 1.807) is 43.5 Å². The second-order valence-corrected chi connectivity index (χ2v) is 7.49. The van der Waals surface area contributed by atoms with Gasteiger partial charge in [-0.2, -0.15) is 0 Å². The van der Waals surface area contributed by atoms with E-state index < -0.39 is 12.6 Å². The Balaban J connectivity index is 1.50. The maximum atomic E-state index is 13.2. The molecule has 34 heavy (non-hydrogen) atoms. The van der Waals surface area contributed by atoms with Gasteiger partial charge in [0.1, 0.15) is 30.3 Å². The zero-order valence-electron chi connectivity index (χ0n) is 18.9. The molecule has 0 saturated heterocycles. The molecule has 0 amide bonds. The standard InChI is InChI=1S/C27H24O7/c1-18-8-13-22-23(16-18)34-26(19-9-11-20(30-2)12-10-19)27(25(22)29)33-17-24(28)32-15-14-31-21-6-4-3-5-7-21/h3-13,16H,14-15,17H2,1-2H3. The molecule has 0 saturated carbocycles. The summed E-state index contributed by atoms with van der Waals surface area (Å²) in [6, 6.07) is 21.5. The minimum atomic E-state index is -0.624. The Hall–Kier alpha value is -4.26. The predicted molar refractivity (Wildman–Crippen MR) is 128 cm³/mol. The highest BCUT2D eigenvalue weighted by atomic mass is 16.6. The summed E-state index contributed by atoms with van der Waals surface area (Å²) in [7, 11) is 1.57. The Kier molecular flexibility index (Phi) is 7.13. The number of methoxy groups -OCH3 is 1. The summed E-state index contributed by atoms with van der Waals surface area (Å²) in [5.41, 5.74) is 1.63. The van der Waals surface area contributed by atoms with Crippen LogP contribution in [0.15, 0.2) is 82.0 Å². The van der Waals surface area contributed by atoms with Gasteiger partial charge in [-0.15, -0.1) is 0 Å². The van der Waals surface area contributed by atoms with Crippen LogP contribution >= 0.6 is 0 Å². The molecule has 0 aliphatic carbocycles. The molecule has 1 aromatic heterocycles. The van der Waals surface area contributed by atoms with Crippen molar-refractivity contribution in [3.05, 3.63) is 88.6 Å². The summed E-state index contributed by atoms with van der Waals surface area (Å²) in [5, 5.41) is 0.363. The average molecular weight is 460 g/mol. The van der Waals surface area contributed by atoms with Crippen LogP contribution in [0.3, 0.4) is 0 Å². The van der Waals surface area contributed by atoms with E-state index in [1.807, 2.05) is 43.3 Å². The second-order valence-electron chi connectivity index (χ2n) is 7.49. The first-order chi connectivity index (χ1) is 16.5. The number of aryl methyl sites for hydroxylation is 1. The number of rotatable bonds is 9. The van der Waals surface area contributed by atoms with Crippen molar-refractivity contribution in [2.45, 2.75) is 6.92 Å². The third-order valence-corrected chi connectivity index (χ3v) is 5.05. The van der Waals surface area contributed by atoms with E-state index in [9.17, 15) is 9.59 Å². The van der Waals surface area contributed by atoms with Crippen molar-refractivity contribution in [3.63, 3.8) is 0 Å². The van der Waals surface area contributed by atoms with Gasteiger partial charge in [-0.25, -0.2) is 4.79 Å². The van der Waals surface area contributed by atoms with Crippen molar-refractivity contribution < 1.29 is 28.2 Å². The number of para-hydroxylation sites is 1. The lowest BCUT2D eigenvalue weighted by atomic mass is 10.1. The van der Waals surface area contributed by atoms with Crippen LogP contribution in [-0.4, -0.2) is 32.9 Å². The van der Waals surface area contributed by atoms with Crippen LogP contribution in [0.2, 0.25) is 0 Å². The number of esters is 1. The minimum Gasteiger partial charge on any atom is -0.497 e. The molecule has 0 radical (unpaired) electrons. The zero-order chi connectivity index (χ0) is 23.9. The molecule has 3 aromatic carbocycles. The molecule has 1 heterocycles. The van der Waals surface area contributed by atoms with Crippen LogP contribution in [0, 0.1) is 6.92 Å². The highest BCUT2D eigenvalue weighted by Gasteiger charge is 2.19. The van der Waals surface area contributed by atoms with E-state index in [0.717, 1.165) is 5.56 Å². The number of hydrogen-bond donors (Lipinski definition) is 0. The van der Waals surface area contributed by atoms with Crippen molar-refractivity contribution in [3.8, 4) is 28.6 Å². The predicted octanol–water partition coefficient (Wildman–Crippen LogP) is 4.78. The summed E-state index contributed by atoms with van der Waals surface area (Å²) in [4.78, 5) is 25.4. The lowest BCUT2D eigenvalue weighted by molar-refractivity contribution is -0.146. The summed E-state index contributed by atoms with van der Waals surface area (Å²) in [6.45, 7) is 1.71. The third kappa shape index (κ3) is 5.38. The fourth-order valence-electron chi connectivity index (χ4n) is 3.35. The molecule has 0 unspecified atom stereocenters. The van der Waals surface area contributed by atoms with Crippen LogP contribution < -0.4 is 19.6 Å². The highest BCUT2D eigenvalue weighted by Crippen LogP contribution is 2.32. The molecule has 0 aliphatic heterocycles. The molecule has 0 atom stereocenters. The normalized spacial score (nSPS) is 10.6. The number of hydrogen-bond acceptors (Lipinski definition) is 7. The SMILES string of the molecule is COc1ccc(-c2oc3cc(C)ccc3c(=O)c2OCC(=O)OCCOc2ccccc2)cc1. The molecule has 4 aromatic rings. The van der Waals surface area contributed by atoms with Crippen molar-refractivity contribution in [1.82, 2.24) is 0 Å². The number of benzene rings is 3. The van der Waals surface area contributed by atoms with Gasteiger partial charge in [0.15, 0.2) is 12.4 Å². The Bertz CT molecular complexity index is 1330. The third-order valence-electron chi connectivity index (χ3n) is 5.05. The topological polar surface area (TPSA) is 84.2 Å². The second kappa shape index (κ2) is 10.6. The average Bonchev–Trinajstić information content (AvgIpc) is 2.86. The van der Waals surface area contributed by atoms with Gasteiger partial charge in [-0.1, -0.05) is 24.3 Å². The van der Waals surface area contributed by atoms with Gasteiger partial charge in [-0.3, -0.25) is 4.79 Å². The van der Waals surface area contributed by atoms with Crippen molar-refractivity contribution >= 4 is 16.9 Å². The lowest BCUT2D eigenvalue weighted by Crippen LogP contribution is -2.21. The van der Waals surface area contributed by atoms with Gasteiger partial charge in [-0.05, 0) is 61.0 Å². The maximum Gasteiger partial charge on any atom is 0.344 e. The smallest absolute Gasteiger partial charge is 0.344 e.